The molecule has 4 nitrogen and oxygen atoms in total. The molecule has 4 aromatic rings. The maximum Gasteiger partial charge on any atom is 0.271 e. The lowest BCUT2D eigenvalue weighted by molar-refractivity contribution is -0.113. The van der Waals surface area contributed by atoms with Gasteiger partial charge in [-0.05, 0) is 83.1 Å². The summed E-state index contributed by atoms with van der Waals surface area (Å²) in [7, 11) is 1.67. The van der Waals surface area contributed by atoms with E-state index in [2.05, 4.69) is 44.2 Å². The van der Waals surface area contributed by atoms with Crippen molar-refractivity contribution in [2.75, 3.05) is 12.0 Å². The van der Waals surface area contributed by atoms with Gasteiger partial charge < -0.3 is 4.74 Å². The number of nitrogens with zero attached hydrogens (tertiary/aromatic N) is 2. The molecule has 1 fully saturated rings. The quantitative estimate of drug-likeness (QED) is 0.258. The molecule has 0 atom stereocenters. The van der Waals surface area contributed by atoms with E-state index in [1.165, 1.54) is 22.9 Å². The Morgan fingerprint density at radius 3 is 2.11 bits per heavy atom. The van der Waals surface area contributed by atoms with Gasteiger partial charge in [0.25, 0.3) is 5.91 Å². The summed E-state index contributed by atoms with van der Waals surface area (Å²) in [5, 5.41) is 2.71. The first-order valence-corrected chi connectivity index (χ1v) is 13.0. The molecule has 180 valence electrons. The number of thioether (sulfide) groups is 1. The van der Waals surface area contributed by atoms with Crippen LogP contribution in [-0.2, 0) is 17.6 Å². The second-order valence-electron chi connectivity index (χ2n) is 8.59. The average Bonchev–Trinajstić information content (AvgIpc) is 3.23. The summed E-state index contributed by atoms with van der Waals surface area (Å²) in [4.78, 5) is 21.0. The molecule has 0 N–H and O–H groups in total. The number of amides is 1. The summed E-state index contributed by atoms with van der Waals surface area (Å²) >= 11 is 1.41. The molecular weight excluding hydrogens is 464 g/mol. The Bertz CT molecular complexity index is 1470. The van der Waals surface area contributed by atoms with E-state index in [-0.39, 0.29) is 5.91 Å². The minimum absolute atomic E-state index is 0.0759. The first-order chi connectivity index (χ1) is 17.6. The van der Waals surface area contributed by atoms with E-state index in [9.17, 15) is 4.79 Å². The zero-order valence-corrected chi connectivity index (χ0v) is 21.5. The molecule has 5 heteroatoms. The van der Waals surface area contributed by atoms with Crippen molar-refractivity contribution in [3.63, 3.8) is 0 Å². The van der Waals surface area contributed by atoms with Gasteiger partial charge in [0.2, 0.25) is 0 Å². The molecule has 1 aliphatic rings. The molecule has 5 rings (SSSR count). The van der Waals surface area contributed by atoms with Crippen LogP contribution in [0.4, 0.5) is 11.4 Å². The van der Waals surface area contributed by atoms with E-state index < -0.39 is 0 Å². The van der Waals surface area contributed by atoms with Crippen molar-refractivity contribution in [2.24, 2.45) is 4.99 Å². The van der Waals surface area contributed by atoms with Crippen molar-refractivity contribution in [1.29, 1.82) is 0 Å². The molecule has 0 aromatic heterocycles. The fourth-order valence-electron chi connectivity index (χ4n) is 4.31. The van der Waals surface area contributed by atoms with Crippen LogP contribution in [0.1, 0.15) is 30.5 Å². The number of carbonyl (C=O) groups excluding carboxylic acids is 1. The second-order valence-corrected chi connectivity index (χ2v) is 9.60. The predicted octanol–water partition coefficient (Wildman–Crippen LogP) is 7.78. The van der Waals surface area contributed by atoms with Gasteiger partial charge in [0.15, 0.2) is 5.17 Å². The lowest BCUT2D eigenvalue weighted by Gasteiger charge is -2.16. The maximum absolute atomic E-state index is 13.8. The number of benzene rings is 4. The Balaban J connectivity index is 1.59. The van der Waals surface area contributed by atoms with Crippen LogP contribution in [-0.4, -0.2) is 18.2 Å². The third kappa shape index (κ3) is 4.67. The fraction of sp³-hybridized carbons (Fsp3) is 0.161. The molecule has 0 radical (unpaired) electrons. The number of anilines is 1. The zero-order valence-electron chi connectivity index (χ0n) is 20.7. The first kappa shape index (κ1) is 23.9. The number of methoxy groups -OCH3 is 1. The van der Waals surface area contributed by atoms with E-state index >= 15 is 0 Å². The molecular formula is C31H28N2O2S. The number of carbonyl (C=O) groups is 1. The van der Waals surface area contributed by atoms with Gasteiger partial charge in [-0.15, -0.1) is 0 Å². The summed E-state index contributed by atoms with van der Waals surface area (Å²) in [6, 6.07) is 28.4. The lowest BCUT2D eigenvalue weighted by atomic mass is 10.0. The lowest BCUT2D eigenvalue weighted by Crippen LogP contribution is -2.28. The van der Waals surface area contributed by atoms with Gasteiger partial charge >= 0.3 is 0 Å². The molecule has 1 amide bonds. The molecule has 0 saturated carbocycles. The number of hydrogen-bond acceptors (Lipinski definition) is 4. The number of amidine groups is 1. The Hall–Kier alpha value is -3.83. The summed E-state index contributed by atoms with van der Waals surface area (Å²) in [5.41, 5.74) is 5.10. The van der Waals surface area contributed by atoms with Crippen LogP contribution in [0, 0.1) is 0 Å². The van der Waals surface area contributed by atoms with Crippen LogP contribution in [0.25, 0.3) is 16.8 Å². The van der Waals surface area contributed by atoms with E-state index in [4.69, 9.17) is 9.73 Å². The Kier molecular flexibility index (Phi) is 6.92. The largest absolute Gasteiger partial charge is 0.496 e. The SMILES string of the molecule is CCc1ccc(N=C2SC(=Cc3ccc(OC)c4ccccc34)C(=O)N2c2ccc(CC)cc2)cc1. The molecule has 1 heterocycles. The molecule has 1 saturated heterocycles. The third-order valence-corrected chi connectivity index (χ3v) is 7.37. The topological polar surface area (TPSA) is 41.9 Å². The minimum Gasteiger partial charge on any atom is -0.496 e. The number of hydrogen-bond donors (Lipinski definition) is 0. The van der Waals surface area contributed by atoms with E-state index in [0.717, 1.165) is 46.3 Å². The number of aliphatic imine (C=N–C) groups is 1. The molecule has 0 aliphatic carbocycles. The molecule has 1 aliphatic heterocycles. The highest BCUT2D eigenvalue weighted by molar-refractivity contribution is 8.19. The highest BCUT2D eigenvalue weighted by Gasteiger charge is 2.35. The van der Waals surface area contributed by atoms with E-state index in [1.54, 1.807) is 12.0 Å². The minimum atomic E-state index is -0.0759. The number of ether oxygens (including phenoxy) is 1. The number of rotatable bonds is 6. The van der Waals surface area contributed by atoms with Gasteiger partial charge in [-0.1, -0.05) is 68.4 Å². The van der Waals surface area contributed by atoms with Crippen LogP contribution in [0.2, 0.25) is 0 Å². The smallest absolute Gasteiger partial charge is 0.271 e. The molecule has 4 aromatic carbocycles. The molecule has 0 spiro atoms. The zero-order chi connectivity index (χ0) is 25.1. The number of aryl methyl sites for hydroxylation is 2. The van der Waals surface area contributed by atoms with E-state index in [1.807, 2.05) is 60.7 Å². The summed E-state index contributed by atoms with van der Waals surface area (Å²) in [6.45, 7) is 4.26. The van der Waals surface area contributed by atoms with Crippen LogP contribution >= 0.6 is 11.8 Å². The Labute approximate surface area is 216 Å². The van der Waals surface area contributed by atoms with Crippen LogP contribution in [0.5, 0.6) is 5.75 Å². The molecule has 0 bridgehead atoms. The Morgan fingerprint density at radius 1 is 0.833 bits per heavy atom. The monoisotopic (exact) mass is 492 g/mol. The van der Waals surface area contributed by atoms with Crippen LogP contribution in [0.15, 0.2) is 94.8 Å². The van der Waals surface area contributed by atoms with Gasteiger partial charge in [-0.3, -0.25) is 9.69 Å². The van der Waals surface area contributed by atoms with Crippen LogP contribution in [0.3, 0.4) is 0 Å². The standard InChI is InChI=1S/C31H28N2O2S/c1-4-21-10-15-24(16-11-21)32-31-33(25-17-12-22(5-2)13-18-25)30(34)29(36-31)20-23-14-19-28(35-3)27-9-7-6-8-26(23)27/h6-20H,4-5H2,1-3H3. The van der Waals surface area contributed by atoms with E-state index in [0.29, 0.717) is 10.1 Å². The van der Waals surface area contributed by atoms with Crippen molar-refractivity contribution in [1.82, 2.24) is 0 Å². The van der Waals surface area contributed by atoms with Crippen molar-refractivity contribution in [3.8, 4) is 5.75 Å². The number of fused-ring (bicyclic) bond motifs is 1. The molecule has 36 heavy (non-hydrogen) atoms. The van der Waals surface area contributed by atoms with Crippen molar-refractivity contribution in [3.05, 3.63) is 107 Å². The maximum atomic E-state index is 13.8. The van der Waals surface area contributed by atoms with Gasteiger partial charge in [-0.2, -0.15) is 0 Å². The first-order valence-electron chi connectivity index (χ1n) is 12.2. The second kappa shape index (κ2) is 10.4. The van der Waals surface area contributed by atoms with Crippen molar-refractivity contribution in [2.45, 2.75) is 26.7 Å². The van der Waals surface area contributed by atoms with Gasteiger partial charge in [0.05, 0.1) is 23.4 Å². The van der Waals surface area contributed by atoms with Crippen molar-refractivity contribution >= 4 is 51.1 Å². The summed E-state index contributed by atoms with van der Waals surface area (Å²) in [6.07, 6.45) is 3.89. The fourth-order valence-corrected chi connectivity index (χ4v) is 5.31. The van der Waals surface area contributed by atoms with Gasteiger partial charge in [0.1, 0.15) is 5.75 Å². The highest BCUT2D eigenvalue weighted by Crippen LogP contribution is 2.39. The highest BCUT2D eigenvalue weighted by atomic mass is 32.2. The normalized spacial score (nSPS) is 15.9. The van der Waals surface area contributed by atoms with Crippen molar-refractivity contribution < 1.29 is 9.53 Å². The van der Waals surface area contributed by atoms with Gasteiger partial charge in [-0.25, -0.2) is 4.99 Å². The predicted molar refractivity (Wildman–Crippen MR) is 152 cm³/mol. The third-order valence-electron chi connectivity index (χ3n) is 6.40. The summed E-state index contributed by atoms with van der Waals surface area (Å²) in [5.74, 6) is 0.738. The average molecular weight is 493 g/mol. The van der Waals surface area contributed by atoms with Crippen LogP contribution < -0.4 is 9.64 Å². The molecule has 0 unspecified atom stereocenters. The Morgan fingerprint density at radius 2 is 1.47 bits per heavy atom. The summed E-state index contributed by atoms with van der Waals surface area (Å²) < 4.78 is 5.55. The van der Waals surface area contributed by atoms with Gasteiger partial charge in [0, 0.05) is 5.39 Å².